The molecular formula is C23H22ClN3O3. The molecule has 2 aromatic carbocycles. The van der Waals surface area contributed by atoms with Gasteiger partial charge in [-0.2, -0.15) is 0 Å². The molecule has 0 spiro atoms. The van der Waals surface area contributed by atoms with E-state index in [-0.39, 0.29) is 18.6 Å². The first-order valence-electron chi connectivity index (χ1n) is 9.42. The van der Waals surface area contributed by atoms with Gasteiger partial charge in [0.25, 0.3) is 5.91 Å². The summed E-state index contributed by atoms with van der Waals surface area (Å²) >= 11 is 5.84. The predicted molar refractivity (Wildman–Crippen MR) is 117 cm³/mol. The molecule has 0 saturated carbocycles. The SMILES string of the molecule is Cc1ccc(C(=O)N[C@@H](C)c2ccc(NC(=O)OCc3ccc(Cl)cc3)cc2)cn1. The summed E-state index contributed by atoms with van der Waals surface area (Å²) in [6, 6.07) is 17.6. The van der Waals surface area contributed by atoms with Crippen molar-refractivity contribution < 1.29 is 14.3 Å². The first kappa shape index (κ1) is 21.3. The van der Waals surface area contributed by atoms with Crippen molar-refractivity contribution in [2.24, 2.45) is 0 Å². The number of nitrogens with one attached hydrogen (secondary N) is 2. The predicted octanol–water partition coefficient (Wildman–Crippen LogP) is 5.28. The van der Waals surface area contributed by atoms with E-state index in [1.807, 2.05) is 26.0 Å². The zero-order valence-corrected chi connectivity index (χ0v) is 17.4. The minimum absolute atomic E-state index is 0.151. The van der Waals surface area contributed by atoms with Crippen molar-refractivity contribution in [3.63, 3.8) is 0 Å². The quantitative estimate of drug-likeness (QED) is 0.565. The highest BCUT2D eigenvalue weighted by atomic mass is 35.5. The number of hydrogen-bond acceptors (Lipinski definition) is 4. The smallest absolute Gasteiger partial charge is 0.411 e. The highest BCUT2D eigenvalue weighted by molar-refractivity contribution is 6.30. The summed E-state index contributed by atoms with van der Waals surface area (Å²) < 4.78 is 5.20. The Morgan fingerprint density at radius 2 is 1.73 bits per heavy atom. The van der Waals surface area contributed by atoms with Crippen LogP contribution in [0.4, 0.5) is 10.5 Å². The van der Waals surface area contributed by atoms with Crippen LogP contribution in [0.15, 0.2) is 66.9 Å². The Morgan fingerprint density at radius 3 is 2.37 bits per heavy atom. The van der Waals surface area contributed by atoms with E-state index in [1.165, 1.54) is 0 Å². The maximum absolute atomic E-state index is 12.3. The Bertz CT molecular complexity index is 1000. The third-order valence-corrected chi connectivity index (χ3v) is 4.71. The second kappa shape index (κ2) is 9.89. The summed E-state index contributed by atoms with van der Waals surface area (Å²) in [6.45, 7) is 3.91. The molecular weight excluding hydrogens is 402 g/mol. The normalized spacial score (nSPS) is 11.4. The third-order valence-electron chi connectivity index (χ3n) is 4.46. The van der Waals surface area contributed by atoms with Gasteiger partial charge in [0.2, 0.25) is 0 Å². The number of pyridine rings is 1. The van der Waals surface area contributed by atoms with E-state index < -0.39 is 6.09 Å². The van der Waals surface area contributed by atoms with Gasteiger partial charge in [0.1, 0.15) is 6.61 Å². The highest BCUT2D eigenvalue weighted by Crippen LogP contribution is 2.17. The van der Waals surface area contributed by atoms with Gasteiger partial charge in [-0.1, -0.05) is 35.9 Å². The van der Waals surface area contributed by atoms with Gasteiger partial charge in [-0.25, -0.2) is 4.79 Å². The van der Waals surface area contributed by atoms with Crippen LogP contribution in [-0.4, -0.2) is 17.0 Å². The number of carbonyl (C=O) groups excluding carboxylic acids is 2. The number of benzene rings is 2. The van der Waals surface area contributed by atoms with E-state index >= 15 is 0 Å². The van der Waals surface area contributed by atoms with Crippen LogP contribution < -0.4 is 10.6 Å². The second-order valence-corrected chi connectivity index (χ2v) is 7.27. The molecule has 0 radical (unpaired) electrons. The van der Waals surface area contributed by atoms with Crippen molar-refractivity contribution in [2.45, 2.75) is 26.5 Å². The molecule has 0 unspecified atom stereocenters. The molecule has 7 heteroatoms. The van der Waals surface area contributed by atoms with E-state index in [1.54, 1.807) is 54.7 Å². The molecule has 154 valence electrons. The molecule has 0 saturated heterocycles. The van der Waals surface area contributed by atoms with Crippen molar-refractivity contribution in [3.05, 3.63) is 94.3 Å². The maximum Gasteiger partial charge on any atom is 0.411 e. The van der Waals surface area contributed by atoms with Crippen LogP contribution in [0.5, 0.6) is 0 Å². The Balaban J connectivity index is 1.50. The van der Waals surface area contributed by atoms with Crippen molar-refractivity contribution in [2.75, 3.05) is 5.32 Å². The van der Waals surface area contributed by atoms with E-state index in [0.717, 1.165) is 16.8 Å². The van der Waals surface area contributed by atoms with Gasteiger partial charge in [-0.15, -0.1) is 0 Å². The number of aryl methyl sites for hydroxylation is 1. The van der Waals surface area contributed by atoms with Crippen molar-refractivity contribution in [3.8, 4) is 0 Å². The zero-order chi connectivity index (χ0) is 21.5. The summed E-state index contributed by atoms with van der Waals surface area (Å²) in [5.74, 6) is -0.192. The van der Waals surface area contributed by atoms with Crippen molar-refractivity contribution in [1.82, 2.24) is 10.3 Å². The largest absolute Gasteiger partial charge is 0.444 e. The van der Waals surface area contributed by atoms with Gasteiger partial charge in [0.15, 0.2) is 0 Å². The van der Waals surface area contributed by atoms with Gasteiger partial charge >= 0.3 is 6.09 Å². The molecule has 1 atom stereocenters. The van der Waals surface area contributed by atoms with Crippen LogP contribution in [0.1, 0.15) is 40.1 Å². The zero-order valence-electron chi connectivity index (χ0n) is 16.7. The van der Waals surface area contributed by atoms with Crippen LogP contribution in [0.25, 0.3) is 0 Å². The van der Waals surface area contributed by atoms with Gasteiger partial charge < -0.3 is 10.1 Å². The van der Waals surface area contributed by atoms with Crippen LogP contribution in [-0.2, 0) is 11.3 Å². The lowest BCUT2D eigenvalue weighted by atomic mass is 10.1. The third kappa shape index (κ3) is 6.06. The number of halogens is 1. The van der Waals surface area contributed by atoms with Crippen LogP contribution >= 0.6 is 11.6 Å². The molecule has 3 aromatic rings. The van der Waals surface area contributed by atoms with E-state index in [9.17, 15) is 9.59 Å². The second-order valence-electron chi connectivity index (χ2n) is 6.83. The fourth-order valence-corrected chi connectivity index (χ4v) is 2.83. The number of hydrogen-bond donors (Lipinski definition) is 2. The molecule has 30 heavy (non-hydrogen) atoms. The van der Waals surface area contributed by atoms with E-state index in [2.05, 4.69) is 15.6 Å². The van der Waals surface area contributed by atoms with Gasteiger partial charge in [0.05, 0.1) is 11.6 Å². The molecule has 1 heterocycles. The standard InChI is InChI=1S/C23H22ClN3O3/c1-15-3-6-19(13-25-15)22(28)26-16(2)18-7-11-21(12-8-18)27-23(29)30-14-17-4-9-20(24)10-5-17/h3-13,16H,14H2,1-2H3,(H,26,28)(H,27,29)/t16-/m0/s1. The van der Waals surface area contributed by atoms with E-state index in [0.29, 0.717) is 16.3 Å². The molecule has 1 aromatic heterocycles. The molecule has 0 fully saturated rings. The van der Waals surface area contributed by atoms with Crippen LogP contribution in [0.3, 0.4) is 0 Å². The van der Waals surface area contributed by atoms with Gasteiger partial charge in [0, 0.05) is 22.6 Å². The number of ether oxygens (including phenoxy) is 1. The lowest BCUT2D eigenvalue weighted by Crippen LogP contribution is -2.26. The fourth-order valence-electron chi connectivity index (χ4n) is 2.70. The van der Waals surface area contributed by atoms with Crippen LogP contribution in [0.2, 0.25) is 5.02 Å². The van der Waals surface area contributed by atoms with Crippen molar-refractivity contribution in [1.29, 1.82) is 0 Å². The summed E-state index contributed by atoms with van der Waals surface area (Å²) in [6.07, 6.45) is 1.01. The number of amides is 2. The lowest BCUT2D eigenvalue weighted by Gasteiger charge is -2.15. The molecule has 6 nitrogen and oxygen atoms in total. The number of rotatable bonds is 6. The molecule has 2 N–H and O–H groups in total. The van der Waals surface area contributed by atoms with Gasteiger partial charge in [-0.3, -0.25) is 15.1 Å². The van der Waals surface area contributed by atoms with Crippen LogP contribution in [0, 0.1) is 6.92 Å². The fraction of sp³-hybridized carbons (Fsp3) is 0.174. The monoisotopic (exact) mass is 423 g/mol. The topological polar surface area (TPSA) is 80.3 Å². The minimum Gasteiger partial charge on any atom is -0.444 e. The Kier molecular flexibility index (Phi) is 7.03. The summed E-state index contributed by atoms with van der Waals surface area (Å²) in [5, 5.41) is 6.24. The lowest BCUT2D eigenvalue weighted by molar-refractivity contribution is 0.0939. The number of carbonyl (C=O) groups is 2. The number of nitrogens with zero attached hydrogens (tertiary/aromatic N) is 1. The number of aromatic nitrogens is 1. The number of anilines is 1. The first-order valence-corrected chi connectivity index (χ1v) is 9.80. The summed E-state index contributed by atoms with van der Waals surface area (Å²) in [4.78, 5) is 28.4. The average Bonchev–Trinajstić information content (AvgIpc) is 2.74. The molecule has 0 aliphatic rings. The molecule has 0 bridgehead atoms. The summed E-state index contributed by atoms with van der Waals surface area (Å²) in [7, 11) is 0. The molecule has 2 amide bonds. The Morgan fingerprint density at radius 1 is 1.03 bits per heavy atom. The molecule has 3 rings (SSSR count). The van der Waals surface area contributed by atoms with E-state index in [4.69, 9.17) is 16.3 Å². The maximum atomic E-state index is 12.3. The average molecular weight is 424 g/mol. The van der Waals surface area contributed by atoms with Crippen molar-refractivity contribution >= 4 is 29.3 Å². The molecule has 0 aliphatic carbocycles. The Labute approximate surface area is 180 Å². The minimum atomic E-state index is -0.550. The first-order chi connectivity index (χ1) is 14.4. The van der Waals surface area contributed by atoms with Gasteiger partial charge in [-0.05, 0) is 61.4 Å². The summed E-state index contributed by atoms with van der Waals surface area (Å²) in [5.41, 5.74) is 3.71. The Hall–Kier alpha value is -3.38. The molecule has 0 aliphatic heterocycles. The highest BCUT2D eigenvalue weighted by Gasteiger charge is 2.12.